The predicted octanol–water partition coefficient (Wildman–Crippen LogP) is 1.36. The van der Waals surface area contributed by atoms with E-state index in [1.165, 1.54) is 11.3 Å². The molecule has 3 aromatic rings. The molecule has 0 spiro atoms. The number of rotatable bonds is 5. The number of aromatic nitrogens is 5. The summed E-state index contributed by atoms with van der Waals surface area (Å²) < 4.78 is 5.81. The SMILES string of the molecule is O=C(c1ccccc1OCc1cscn1)N1CCC(O)(c2nn[nH]n2)CC1. The van der Waals surface area contributed by atoms with E-state index in [4.69, 9.17) is 4.74 Å². The van der Waals surface area contributed by atoms with Crippen LogP contribution in [-0.4, -0.2) is 54.6 Å². The predicted molar refractivity (Wildman–Crippen MR) is 96.1 cm³/mol. The zero-order valence-corrected chi connectivity index (χ0v) is 15.2. The second-order valence-corrected chi connectivity index (χ2v) is 7.04. The number of aliphatic hydroxyl groups is 1. The number of benzene rings is 1. The molecule has 3 heterocycles. The molecule has 1 aliphatic heterocycles. The number of aromatic amines is 1. The first-order valence-corrected chi connectivity index (χ1v) is 9.44. The minimum atomic E-state index is -1.16. The number of ether oxygens (including phenoxy) is 1. The number of amides is 1. The molecule has 1 fully saturated rings. The maximum Gasteiger partial charge on any atom is 0.257 e. The summed E-state index contributed by atoms with van der Waals surface area (Å²) in [7, 11) is 0. The van der Waals surface area contributed by atoms with Crippen molar-refractivity contribution in [3.8, 4) is 5.75 Å². The average Bonchev–Trinajstić information content (AvgIpc) is 3.41. The molecule has 1 amide bonds. The molecular weight excluding hydrogens is 368 g/mol. The molecule has 0 radical (unpaired) electrons. The largest absolute Gasteiger partial charge is 0.486 e. The van der Waals surface area contributed by atoms with Gasteiger partial charge in [0.25, 0.3) is 5.91 Å². The van der Waals surface area contributed by atoms with Crippen molar-refractivity contribution in [2.24, 2.45) is 0 Å². The normalized spacial score (nSPS) is 16.3. The first kappa shape index (κ1) is 17.6. The molecule has 0 aliphatic carbocycles. The Morgan fingerprint density at radius 1 is 1.33 bits per heavy atom. The van der Waals surface area contributed by atoms with E-state index in [1.807, 2.05) is 17.5 Å². The van der Waals surface area contributed by atoms with Gasteiger partial charge in [-0.3, -0.25) is 4.79 Å². The Balaban J connectivity index is 1.44. The third kappa shape index (κ3) is 3.67. The number of hydrogen-bond donors (Lipinski definition) is 2. The summed E-state index contributed by atoms with van der Waals surface area (Å²) in [6.07, 6.45) is 0.695. The molecule has 140 valence electrons. The van der Waals surface area contributed by atoms with Crippen LogP contribution in [-0.2, 0) is 12.2 Å². The van der Waals surface area contributed by atoms with Crippen LogP contribution in [0.15, 0.2) is 35.2 Å². The summed E-state index contributed by atoms with van der Waals surface area (Å²) in [5, 5.41) is 26.2. The maximum atomic E-state index is 13.0. The van der Waals surface area contributed by atoms with Crippen LogP contribution in [0.4, 0.5) is 0 Å². The van der Waals surface area contributed by atoms with Gasteiger partial charge in [0.1, 0.15) is 18.0 Å². The van der Waals surface area contributed by atoms with E-state index in [-0.39, 0.29) is 11.7 Å². The van der Waals surface area contributed by atoms with Gasteiger partial charge < -0.3 is 14.7 Å². The number of nitrogens with zero attached hydrogens (tertiary/aromatic N) is 5. The van der Waals surface area contributed by atoms with Gasteiger partial charge in [0.2, 0.25) is 5.82 Å². The fraction of sp³-hybridized carbons (Fsp3) is 0.353. The summed E-state index contributed by atoms with van der Waals surface area (Å²) >= 11 is 1.50. The number of nitrogens with one attached hydrogen (secondary N) is 1. The van der Waals surface area contributed by atoms with Crippen LogP contribution in [0.5, 0.6) is 5.75 Å². The highest BCUT2D eigenvalue weighted by Gasteiger charge is 2.39. The summed E-state index contributed by atoms with van der Waals surface area (Å²) in [4.78, 5) is 18.9. The van der Waals surface area contributed by atoms with Gasteiger partial charge in [-0.2, -0.15) is 5.21 Å². The summed E-state index contributed by atoms with van der Waals surface area (Å²) in [6, 6.07) is 7.17. The number of likely N-dealkylation sites (tertiary alicyclic amines) is 1. The van der Waals surface area contributed by atoms with Crippen LogP contribution < -0.4 is 4.74 Å². The fourth-order valence-corrected chi connectivity index (χ4v) is 3.61. The van der Waals surface area contributed by atoms with Crippen LogP contribution >= 0.6 is 11.3 Å². The number of H-pyrrole nitrogens is 1. The Labute approximate surface area is 159 Å². The van der Waals surface area contributed by atoms with Crippen molar-refractivity contribution < 1.29 is 14.6 Å². The van der Waals surface area contributed by atoms with E-state index in [1.54, 1.807) is 22.5 Å². The Morgan fingerprint density at radius 3 is 2.85 bits per heavy atom. The standard InChI is InChI=1S/C17H18N6O3S/c24-15(23-7-5-17(25,6-8-23)16-19-21-22-20-16)13-3-1-2-4-14(13)26-9-12-10-27-11-18-12/h1-4,10-11,25H,5-9H2,(H,19,20,21,22). The van der Waals surface area contributed by atoms with Crippen LogP contribution in [0.3, 0.4) is 0 Å². The number of carbonyl (C=O) groups excluding carboxylic acids is 1. The number of tetrazole rings is 1. The van der Waals surface area contributed by atoms with E-state index in [2.05, 4.69) is 25.6 Å². The Kier molecular flexibility index (Phi) is 4.82. The maximum absolute atomic E-state index is 13.0. The fourth-order valence-electron chi connectivity index (χ4n) is 3.06. The zero-order valence-electron chi connectivity index (χ0n) is 14.4. The molecule has 0 unspecified atom stereocenters. The van der Waals surface area contributed by atoms with Crippen LogP contribution in [0, 0.1) is 0 Å². The molecule has 2 aromatic heterocycles. The molecule has 1 saturated heterocycles. The molecule has 0 bridgehead atoms. The van der Waals surface area contributed by atoms with Crippen molar-refractivity contribution in [3.05, 3.63) is 52.2 Å². The van der Waals surface area contributed by atoms with E-state index >= 15 is 0 Å². The van der Waals surface area contributed by atoms with E-state index in [0.29, 0.717) is 43.9 Å². The summed E-state index contributed by atoms with van der Waals surface area (Å²) in [5.74, 6) is 0.662. The number of piperidine rings is 1. The van der Waals surface area contributed by atoms with Crippen molar-refractivity contribution in [3.63, 3.8) is 0 Å². The number of hydrogen-bond acceptors (Lipinski definition) is 8. The van der Waals surface area contributed by atoms with Gasteiger partial charge in [0.15, 0.2) is 0 Å². The molecule has 4 rings (SSSR count). The molecule has 2 N–H and O–H groups in total. The molecule has 1 aromatic carbocycles. The number of para-hydroxylation sites is 1. The number of thiazole rings is 1. The monoisotopic (exact) mass is 386 g/mol. The lowest BCUT2D eigenvalue weighted by atomic mass is 9.90. The van der Waals surface area contributed by atoms with Crippen LogP contribution in [0.1, 0.15) is 34.7 Å². The minimum Gasteiger partial charge on any atom is -0.486 e. The second-order valence-electron chi connectivity index (χ2n) is 6.32. The van der Waals surface area contributed by atoms with Gasteiger partial charge in [-0.15, -0.1) is 21.5 Å². The van der Waals surface area contributed by atoms with Crippen LogP contribution in [0.25, 0.3) is 0 Å². The third-order valence-corrected chi connectivity index (χ3v) is 5.25. The van der Waals surface area contributed by atoms with Crippen LogP contribution in [0.2, 0.25) is 0 Å². The Bertz CT molecular complexity index is 891. The summed E-state index contributed by atoms with van der Waals surface area (Å²) in [5.41, 5.74) is 1.90. The minimum absolute atomic E-state index is 0.126. The van der Waals surface area contributed by atoms with Gasteiger partial charge >= 0.3 is 0 Å². The van der Waals surface area contributed by atoms with E-state index in [9.17, 15) is 9.90 Å². The molecule has 0 atom stereocenters. The quantitative estimate of drug-likeness (QED) is 0.680. The first-order valence-electron chi connectivity index (χ1n) is 8.50. The molecule has 1 aliphatic rings. The van der Waals surface area contributed by atoms with Gasteiger partial charge in [-0.25, -0.2) is 4.98 Å². The summed E-state index contributed by atoms with van der Waals surface area (Å²) in [6.45, 7) is 1.10. The smallest absolute Gasteiger partial charge is 0.257 e. The second kappa shape index (κ2) is 7.41. The first-order chi connectivity index (χ1) is 13.2. The molecule has 0 saturated carbocycles. The van der Waals surface area contributed by atoms with Crippen molar-refractivity contribution >= 4 is 17.2 Å². The van der Waals surface area contributed by atoms with Crippen molar-refractivity contribution in [1.82, 2.24) is 30.5 Å². The lowest BCUT2D eigenvalue weighted by Crippen LogP contribution is -2.45. The Morgan fingerprint density at radius 2 is 2.15 bits per heavy atom. The van der Waals surface area contributed by atoms with E-state index < -0.39 is 5.60 Å². The lowest BCUT2D eigenvalue weighted by molar-refractivity contribution is -0.0279. The van der Waals surface area contributed by atoms with Crippen molar-refractivity contribution in [2.45, 2.75) is 25.0 Å². The van der Waals surface area contributed by atoms with E-state index in [0.717, 1.165) is 5.69 Å². The lowest BCUT2D eigenvalue weighted by Gasteiger charge is -2.36. The zero-order chi connectivity index (χ0) is 18.7. The van der Waals surface area contributed by atoms with Gasteiger partial charge in [0, 0.05) is 31.3 Å². The molecule has 27 heavy (non-hydrogen) atoms. The van der Waals surface area contributed by atoms with Crippen molar-refractivity contribution in [2.75, 3.05) is 13.1 Å². The Hall–Kier alpha value is -2.85. The van der Waals surface area contributed by atoms with Gasteiger partial charge in [0.05, 0.1) is 16.8 Å². The van der Waals surface area contributed by atoms with Gasteiger partial charge in [-0.1, -0.05) is 17.3 Å². The van der Waals surface area contributed by atoms with Gasteiger partial charge in [-0.05, 0) is 12.1 Å². The highest BCUT2D eigenvalue weighted by atomic mass is 32.1. The third-order valence-electron chi connectivity index (χ3n) is 4.62. The molecule has 10 heteroatoms. The average molecular weight is 386 g/mol. The van der Waals surface area contributed by atoms with Crippen molar-refractivity contribution in [1.29, 1.82) is 0 Å². The molecular formula is C17H18N6O3S. The highest BCUT2D eigenvalue weighted by Crippen LogP contribution is 2.31. The topological polar surface area (TPSA) is 117 Å². The number of carbonyl (C=O) groups is 1. The highest BCUT2D eigenvalue weighted by molar-refractivity contribution is 7.07. The molecule has 9 nitrogen and oxygen atoms in total.